The van der Waals surface area contributed by atoms with Gasteiger partial charge in [-0.05, 0) is 62.6 Å². The summed E-state index contributed by atoms with van der Waals surface area (Å²) in [5.74, 6) is 0.200. The molecule has 0 saturated carbocycles. The highest BCUT2D eigenvalue weighted by Crippen LogP contribution is 2.56. The summed E-state index contributed by atoms with van der Waals surface area (Å²) in [4.78, 5) is 29.6. The van der Waals surface area contributed by atoms with Crippen LogP contribution in [0.2, 0.25) is 5.02 Å². The summed E-state index contributed by atoms with van der Waals surface area (Å²) < 4.78 is 10.7. The number of hydrogen-bond donors (Lipinski definition) is 2. The molecule has 0 aromatic heterocycles. The van der Waals surface area contributed by atoms with Gasteiger partial charge in [0.15, 0.2) is 0 Å². The van der Waals surface area contributed by atoms with Crippen molar-refractivity contribution in [1.82, 2.24) is 4.90 Å². The predicted octanol–water partition coefficient (Wildman–Crippen LogP) is 3.94. The van der Waals surface area contributed by atoms with Crippen LogP contribution < -0.4 is 20.1 Å². The first-order valence-corrected chi connectivity index (χ1v) is 11.2. The molecule has 0 bridgehead atoms. The number of nitrogens with zero attached hydrogens (tertiary/aromatic N) is 1. The third kappa shape index (κ3) is 2.91. The molecule has 2 aromatic rings. The largest absolute Gasteiger partial charge is 0.497 e. The van der Waals surface area contributed by atoms with Gasteiger partial charge in [-0.15, -0.1) is 0 Å². The molecule has 2 fully saturated rings. The van der Waals surface area contributed by atoms with Gasteiger partial charge in [0.25, 0.3) is 0 Å². The first-order valence-electron chi connectivity index (χ1n) is 10.8. The van der Waals surface area contributed by atoms with Crippen molar-refractivity contribution in [2.24, 2.45) is 5.92 Å². The fourth-order valence-corrected chi connectivity index (χ4v) is 6.06. The Morgan fingerprint density at radius 1 is 1.25 bits per heavy atom. The van der Waals surface area contributed by atoms with Crippen LogP contribution >= 0.6 is 11.6 Å². The van der Waals surface area contributed by atoms with E-state index >= 15 is 0 Å². The average Bonchev–Trinajstić information content (AvgIpc) is 3.43. The zero-order chi connectivity index (χ0) is 22.6. The minimum Gasteiger partial charge on any atom is -0.497 e. The van der Waals surface area contributed by atoms with Crippen molar-refractivity contribution in [3.05, 3.63) is 46.5 Å². The molecule has 0 aliphatic carbocycles. The number of halogens is 1. The molecular formula is C24H26ClN3O4. The van der Waals surface area contributed by atoms with Crippen molar-refractivity contribution >= 4 is 34.8 Å². The molecule has 3 heterocycles. The molecule has 2 amide bonds. The lowest BCUT2D eigenvalue weighted by atomic mass is 9.78. The zero-order valence-corrected chi connectivity index (χ0v) is 19.1. The molecule has 7 nitrogen and oxygen atoms in total. The van der Waals surface area contributed by atoms with Crippen molar-refractivity contribution in [3.8, 4) is 11.5 Å². The van der Waals surface area contributed by atoms with E-state index in [2.05, 4.69) is 15.5 Å². The van der Waals surface area contributed by atoms with Crippen LogP contribution in [0.3, 0.4) is 0 Å². The molecule has 5 rings (SSSR count). The van der Waals surface area contributed by atoms with Gasteiger partial charge in [-0.2, -0.15) is 0 Å². The third-order valence-corrected chi connectivity index (χ3v) is 7.34. The monoisotopic (exact) mass is 455 g/mol. The number of rotatable bonds is 4. The van der Waals surface area contributed by atoms with Crippen LogP contribution in [0.1, 0.15) is 30.4 Å². The molecule has 168 valence electrons. The molecule has 2 saturated heterocycles. The van der Waals surface area contributed by atoms with Crippen LogP contribution in [0.4, 0.5) is 11.4 Å². The van der Waals surface area contributed by atoms with Gasteiger partial charge < -0.3 is 20.1 Å². The SMILES string of the molecule is COc1ccc(OC)c(NC(=O)[C@@H]2C[C@@H]3CCCN3[C@@]23C(=O)Nc2c(C)cc(Cl)cc23)c1. The number of ether oxygens (including phenoxy) is 2. The second-order valence-corrected chi connectivity index (χ2v) is 9.14. The number of carbonyl (C=O) groups is 2. The highest BCUT2D eigenvalue weighted by atomic mass is 35.5. The van der Waals surface area contributed by atoms with E-state index in [0.29, 0.717) is 28.6 Å². The Bertz CT molecular complexity index is 1120. The van der Waals surface area contributed by atoms with Crippen LogP contribution in [0.15, 0.2) is 30.3 Å². The topological polar surface area (TPSA) is 79.9 Å². The summed E-state index contributed by atoms with van der Waals surface area (Å²) in [6, 6.07) is 9.10. The van der Waals surface area contributed by atoms with Gasteiger partial charge in [0, 0.05) is 28.4 Å². The second kappa shape index (κ2) is 7.67. The average molecular weight is 456 g/mol. The van der Waals surface area contributed by atoms with Gasteiger partial charge in [0.05, 0.1) is 25.8 Å². The van der Waals surface area contributed by atoms with Crippen molar-refractivity contribution < 1.29 is 19.1 Å². The molecule has 8 heteroatoms. The third-order valence-electron chi connectivity index (χ3n) is 7.12. The fourth-order valence-electron chi connectivity index (χ4n) is 5.79. The normalized spacial score (nSPS) is 26.1. The predicted molar refractivity (Wildman–Crippen MR) is 123 cm³/mol. The number of anilines is 2. The molecule has 1 spiro atoms. The molecule has 3 aliphatic rings. The van der Waals surface area contributed by atoms with Crippen LogP contribution in [-0.2, 0) is 15.1 Å². The number of amides is 2. The Kier molecular flexibility index (Phi) is 5.06. The number of carbonyl (C=O) groups excluding carboxylic acids is 2. The molecule has 0 unspecified atom stereocenters. The maximum absolute atomic E-state index is 13.8. The van der Waals surface area contributed by atoms with Gasteiger partial charge in [0.2, 0.25) is 11.8 Å². The lowest BCUT2D eigenvalue weighted by molar-refractivity contribution is -0.135. The van der Waals surface area contributed by atoms with E-state index in [4.69, 9.17) is 21.1 Å². The van der Waals surface area contributed by atoms with E-state index in [1.54, 1.807) is 32.4 Å². The van der Waals surface area contributed by atoms with Gasteiger partial charge in [0.1, 0.15) is 17.0 Å². The standard InChI is InChI=1S/C24H26ClN3O4/c1-13-9-14(25)10-17-21(13)27-23(30)24(17)18(11-15-5-4-8-28(15)24)22(29)26-19-12-16(31-2)6-7-20(19)32-3/h6-7,9-10,12,15,18H,4-5,8,11H2,1-3H3,(H,26,29)(H,27,30)/t15-,18-,24+/m0/s1. The fraction of sp³-hybridized carbons (Fsp3) is 0.417. The summed E-state index contributed by atoms with van der Waals surface area (Å²) in [7, 11) is 3.12. The molecular weight excluding hydrogens is 430 g/mol. The minimum absolute atomic E-state index is 0.153. The summed E-state index contributed by atoms with van der Waals surface area (Å²) in [6.07, 6.45) is 2.58. The number of nitrogens with one attached hydrogen (secondary N) is 2. The number of hydrogen-bond acceptors (Lipinski definition) is 5. The van der Waals surface area contributed by atoms with Gasteiger partial charge in [-0.3, -0.25) is 14.5 Å². The van der Waals surface area contributed by atoms with E-state index in [0.717, 1.165) is 36.2 Å². The lowest BCUT2D eigenvalue weighted by Crippen LogP contribution is -2.53. The van der Waals surface area contributed by atoms with E-state index < -0.39 is 11.5 Å². The van der Waals surface area contributed by atoms with Crippen molar-refractivity contribution in [2.45, 2.75) is 37.8 Å². The highest BCUT2D eigenvalue weighted by Gasteiger charge is 2.65. The van der Waals surface area contributed by atoms with Crippen LogP contribution in [0.25, 0.3) is 0 Å². The highest BCUT2D eigenvalue weighted by molar-refractivity contribution is 6.31. The van der Waals surface area contributed by atoms with E-state index in [9.17, 15) is 9.59 Å². The first-order chi connectivity index (χ1) is 15.4. The zero-order valence-electron chi connectivity index (χ0n) is 18.3. The van der Waals surface area contributed by atoms with Crippen LogP contribution in [0.5, 0.6) is 11.5 Å². The summed E-state index contributed by atoms with van der Waals surface area (Å²) >= 11 is 6.42. The Morgan fingerprint density at radius 3 is 2.81 bits per heavy atom. The van der Waals surface area contributed by atoms with E-state index in [-0.39, 0.29) is 17.9 Å². The van der Waals surface area contributed by atoms with Crippen molar-refractivity contribution in [3.63, 3.8) is 0 Å². The summed E-state index contributed by atoms with van der Waals surface area (Å²) in [6.45, 7) is 2.70. The van der Waals surface area contributed by atoms with Gasteiger partial charge >= 0.3 is 0 Å². The van der Waals surface area contributed by atoms with Crippen molar-refractivity contribution in [1.29, 1.82) is 0 Å². The molecule has 0 radical (unpaired) electrons. The van der Waals surface area contributed by atoms with Gasteiger partial charge in [-0.1, -0.05) is 11.6 Å². The molecule has 32 heavy (non-hydrogen) atoms. The summed E-state index contributed by atoms with van der Waals surface area (Å²) in [5, 5.41) is 6.64. The van der Waals surface area contributed by atoms with Gasteiger partial charge in [-0.25, -0.2) is 0 Å². The molecule has 3 atom stereocenters. The van der Waals surface area contributed by atoms with Crippen LogP contribution in [0, 0.1) is 12.8 Å². The lowest BCUT2D eigenvalue weighted by Gasteiger charge is -2.36. The number of benzene rings is 2. The van der Waals surface area contributed by atoms with Crippen LogP contribution in [-0.4, -0.2) is 43.5 Å². The van der Waals surface area contributed by atoms with E-state index in [1.807, 2.05) is 19.1 Å². The second-order valence-electron chi connectivity index (χ2n) is 8.70. The number of aryl methyl sites for hydroxylation is 1. The Hall–Kier alpha value is -2.77. The number of methoxy groups -OCH3 is 2. The molecule has 2 aromatic carbocycles. The Balaban J connectivity index is 1.60. The number of fused-ring (bicyclic) bond motifs is 4. The van der Waals surface area contributed by atoms with Crippen molar-refractivity contribution in [2.75, 3.05) is 31.4 Å². The summed E-state index contributed by atoms with van der Waals surface area (Å²) in [5.41, 5.74) is 1.91. The maximum atomic E-state index is 13.8. The smallest absolute Gasteiger partial charge is 0.250 e. The molecule has 2 N–H and O–H groups in total. The Morgan fingerprint density at radius 2 is 2.06 bits per heavy atom. The minimum atomic E-state index is -1.07. The Labute approximate surface area is 192 Å². The quantitative estimate of drug-likeness (QED) is 0.730. The first kappa shape index (κ1) is 21.1. The maximum Gasteiger partial charge on any atom is 0.250 e. The van der Waals surface area contributed by atoms with E-state index in [1.165, 1.54) is 0 Å². The molecule has 3 aliphatic heterocycles.